The Kier molecular flexibility index (Phi) is 17.5. The number of hydrogen-bond donors (Lipinski definition) is 0. The van der Waals surface area contributed by atoms with Crippen LogP contribution in [0.25, 0.3) is 0 Å². The van der Waals surface area contributed by atoms with Crippen molar-refractivity contribution < 1.29 is 0 Å². The first-order valence-corrected chi connectivity index (χ1v) is 8.88. The zero-order valence-electron chi connectivity index (χ0n) is 13.6. The van der Waals surface area contributed by atoms with Crippen molar-refractivity contribution in [3.63, 3.8) is 0 Å². The number of unbranched alkanes of at least 4 members (excludes halogenated alkanes) is 13. The van der Waals surface area contributed by atoms with Crippen molar-refractivity contribution in [3.05, 3.63) is 18.6 Å². The third-order valence-electron chi connectivity index (χ3n) is 3.71. The Morgan fingerprint density at radius 3 is 1.53 bits per heavy atom. The van der Waals surface area contributed by atoms with Gasteiger partial charge in [-0.15, -0.1) is 0 Å². The highest BCUT2D eigenvalue weighted by Crippen LogP contribution is 2.09. The Hall–Kier alpha value is -0.260. The highest BCUT2D eigenvalue weighted by Gasteiger charge is 1.90. The minimum Gasteiger partial charge on any atom is -0.0885 e. The van der Waals surface area contributed by atoms with Crippen molar-refractivity contribution in [1.82, 2.24) is 0 Å². The minimum atomic E-state index is 1.24. The average Bonchev–Trinajstić information content (AvgIpc) is 2.43. The van der Waals surface area contributed by atoms with Gasteiger partial charge in [0.15, 0.2) is 0 Å². The second kappa shape index (κ2) is 17.7. The lowest BCUT2D eigenvalue weighted by Crippen LogP contribution is -1.80. The average molecular weight is 266 g/mol. The van der Waals surface area contributed by atoms with Gasteiger partial charge in [-0.25, -0.2) is 0 Å². The van der Waals surface area contributed by atoms with E-state index in [2.05, 4.69) is 32.4 Å². The topological polar surface area (TPSA) is 0 Å². The van der Waals surface area contributed by atoms with Gasteiger partial charge in [0.25, 0.3) is 0 Å². The summed E-state index contributed by atoms with van der Waals surface area (Å²) >= 11 is 0. The molecule has 113 valence electrons. The summed E-state index contributed by atoms with van der Waals surface area (Å²) in [5, 5.41) is 0. The van der Waals surface area contributed by atoms with Gasteiger partial charge in [0.2, 0.25) is 0 Å². The molecule has 0 fully saturated rings. The Morgan fingerprint density at radius 1 is 0.526 bits per heavy atom. The number of rotatable bonds is 15. The molecule has 0 amide bonds. The van der Waals surface area contributed by atoms with E-state index in [0.717, 1.165) is 0 Å². The van der Waals surface area contributed by atoms with Crippen molar-refractivity contribution in [1.29, 1.82) is 0 Å². The molecule has 0 rings (SSSR count). The van der Waals surface area contributed by atoms with E-state index in [-0.39, 0.29) is 0 Å². The summed E-state index contributed by atoms with van der Waals surface area (Å²) in [5.41, 5.74) is 0. The molecule has 0 aliphatic rings. The molecule has 0 aliphatic heterocycles. The summed E-state index contributed by atoms with van der Waals surface area (Å²) in [5.74, 6) is 0. The van der Waals surface area contributed by atoms with Crippen LogP contribution in [0.15, 0.2) is 12.2 Å². The normalized spacial score (nSPS) is 11.5. The van der Waals surface area contributed by atoms with Gasteiger partial charge in [0.1, 0.15) is 0 Å². The first-order chi connectivity index (χ1) is 9.41. The summed E-state index contributed by atoms with van der Waals surface area (Å²) in [6, 6.07) is 0. The van der Waals surface area contributed by atoms with Crippen LogP contribution in [0.5, 0.6) is 0 Å². The minimum absolute atomic E-state index is 1.24. The summed E-state index contributed by atoms with van der Waals surface area (Å²) < 4.78 is 0. The van der Waals surface area contributed by atoms with Crippen molar-refractivity contribution in [3.8, 4) is 0 Å². The molecular weight excluding hydrogens is 228 g/mol. The Morgan fingerprint density at radius 2 is 1.00 bits per heavy atom. The number of hydrogen-bond acceptors (Lipinski definition) is 0. The molecule has 0 aromatic rings. The largest absolute Gasteiger partial charge is 0.0885 e. The molecule has 0 saturated heterocycles. The fraction of sp³-hybridized carbons (Fsp3) is 0.842. The highest BCUT2D eigenvalue weighted by molar-refractivity contribution is 4.81. The van der Waals surface area contributed by atoms with Gasteiger partial charge in [0.05, 0.1) is 0 Å². The Labute approximate surface area is 123 Å². The predicted molar refractivity (Wildman–Crippen MR) is 89.4 cm³/mol. The first kappa shape index (κ1) is 18.7. The van der Waals surface area contributed by atoms with Crippen LogP contribution in [0, 0.1) is 6.42 Å². The number of allylic oxidation sites excluding steroid dienone is 2. The summed E-state index contributed by atoms with van der Waals surface area (Å²) in [6.07, 6.45) is 26.5. The van der Waals surface area contributed by atoms with Gasteiger partial charge in [-0.1, -0.05) is 90.2 Å². The van der Waals surface area contributed by atoms with Gasteiger partial charge in [-0.05, 0) is 32.1 Å². The quantitative estimate of drug-likeness (QED) is 0.216. The molecule has 0 unspecified atom stereocenters. The fourth-order valence-electron chi connectivity index (χ4n) is 2.39. The lowest BCUT2D eigenvalue weighted by Gasteiger charge is -1.99. The van der Waals surface area contributed by atoms with Crippen LogP contribution in [-0.2, 0) is 0 Å². The van der Waals surface area contributed by atoms with Crippen molar-refractivity contribution in [2.24, 2.45) is 0 Å². The summed E-state index contributed by atoms with van der Waals surface area (Å²) in [7, 11) is 0. The molecule has 1 radical (unpaired) electrons. The Balaban J connectivity index is 3.01. The van der Waals surface area contributed by atoms with Crippen LogP contribution in [0.1, 0.15) is 104 Å². The SMILES string of the molecule is CC[CH]CCCCCCC=CCCCCCCCC. The maximum atomic E-state index is 2.41. The molecule has 0 aliphatic carbocycles. The van der Waals surface area contributed by atoms with Crippen molar-refractivity contribution >= 4 is 0 Å². The van der Waals surface area contributed by atoms with Crippen molar-refractivity contribution in [2.75, 3.05) is 0 Å². The van der Waals surface area contributed by atoms with Crippen LogP contribution in [0.3, 0.4) is 0 Å². The van der Waals surface area contributed by atoms with Gasteiger partial charge < -0.3 is 0 Å². The maximum Gasteiger partial charge on any atom is -0.0351 e. The van der Waals surface area contributed by atoms with E-state index in [1.54, 1.807) is 0 Å². The van der Waals surface area contributed by atoms with Gasteiger partial charge in [0, 0.05) is 0 Å². The third kappa shape index (κ3) is 17.7. The van der Waals surface area contributed by atoms with E-state index in [4.69, 9.17) is 0 Å². The van der Waals surface area contributed by atoms with Crippen LogP contribution < -0.4 is 0 Å². The van der Waals surface area contributed by atoms with E-state index >= 15 is 0 Å². The molecule has 0 aromatic carbocycles. The van der Waals surface area contributed by atoms with Gasteiger partial charge in [-0.3, -0.25) is 0 Å². The highest BCUT2D eigenvalue weighted by atomic mass is 14.0. The monoisotopic (exact) mass is 265 g/mol. The molecule has 0 saturated carbocycles. The molecule has 0 N–H and O–H groups in total. The lowest BCUT2D eigenvalue weighted by atomic mass is 10.1. The van der Waals surface area contributed by atoms with Crippen LogP contribution in [-0.4, -0.2) is 0 Å². The van der Waals surface area contributed by atoms with E-state index in [1.165, 1.54) is 89.9 Å². The lowest BCUT2D eigenvalue weighted by molar-refractivity contribution is 0.610. The third-order valence-corrected chi connectivity index (χ3v) is 3.71. The zero-order valence-corrected chi connectivity index (χ0v) is 13.6. The molecular formula is C19H37. The zero-order chi connectivity index (χ0) is 14.0. The fourth-order valence-corrected chi connectivity index (χ4v) is 2.39. The van der Waals surface area contributed by atoms with Crippen LogP contribution in [0.4, 0.5) is 0 Å². The summed E-state index contributed by atoms with van der Waals surface area (Å²) in [4.78, 5) is 0. The second-order valence-electron chi connectivity index (χ2n) is 5.72. The van der Waals surface area contributed by atoms with Crippen LogP contribution in [0.2, 0.25) is 0 Å². The molecule has 0 atom stereocenters. The van der Waals surface area contributed by atoms with E-state index < -0.39 is 0 Å². The van der Waals surface area contributed by atoms with Gasteiger partial charge >= 0.3 is 0 Å². The maximum absolute atomic E-state index is 2.41. The molecule has 0 nitrogen and oxygen atoms in total. The molecule has 0 bridgehead atoms. The molecule has 0 spiro atoms. The Bertz CT molecular complexity index is 169. The standard InChI is InChI=1S/C19H37/c1-3-5-7-9-11-13-15-17-19-18-16-14-12-10-8-6-4-2/h5,18-19H,3-4,6-17H2,1-2H3. The van der Waals surface area contributed by atoms with Crippen LogP contribution >= 0.6 is 0 Å². The first-order valence-electron chi connectivity index (χ1n) is 8.88. The van der Waals surface area contributed by atoms with E-state index in [0.29, 0.717) is 0 Å². The molecule has 19 heavy (non-hydrogen) atoms. The van der Waals surface area contributed by atoms with Crippen molar-refractivity contribution in [2.45, 2.75) is 104 Å². The smallest absolute Gasteiger partial charge is 0.0351 e. The van der Waals surface area contributed by atoms with E-state index in [9.17, 15) is 0 Å². The second-order valence-corrected chi connectivity index (χ2v) is 5.72. The predicted octanol–water partition coefficient (Wildman–Crippen LogP) is 7.25. The summed E-state index contributed by atoms with van der Waals surface area (Å²) in [6.45, 7) is 4.51. The molecule has 0 heterocycles. The molecule has 0 aromatic heterocycles. The van der Waals surface area contributed by atoms with E-state index in [1.807, 2.05) is 0 Å². The molecule has 0 heteroatoms. The van der Waals surface area contributed by atoms with Gasteiger partial charge in [-0.2, -0.15) is 0 Å².